The van der Waals surface area contributed by atoms with Gasteiger partial charge in [0.1, 0.15) is 0 Å². The first-order chi connectivity index (χ1) is 16.7. The molecule has 0 unspecified atom stereocenters. The molecular formula is C28H28N4O2. The molecule has 1 aromatic heterocycles. The molecule has 0 atom stereocenters. The molecule has 1 aliphatic heterocycles. The first kappa shape index (κ1) is 22.0. The van der Waals surface area contributed by atoms with Crippen LogP contribution in [-0.4, -0.2) is 51.7 Å². The Morgan fingerprint density at radius 3 is 2.09 bits per heavy atom. The van der Waals surface area contributed by atoms with Crippen molar-refractivity contribution in [1.29, 1.82) is 0 Å². The molecular weight excluding hydrogens is 424 g/mol. The van der Waals surface area contributed by atoms with Crippen molar-refractivity contribution in [3.8, 4) is 11.3 Å². The molecule has 3 aromatic carbocycles. The Balaban J connectivity index is 1.27. The third-order valence-corrected chi connectivity index (χ3v) is 6.43. The minimum Gasteiger partial charge on any atom is -0.340 e. The molecule has 34 heavy (non-hydrogen) atoms. The van der Waals surface area contributed by atoms with Gasteiger partial charge in [0.2, 0.25) is 5.91 Å². The number of rotatable bonds is 6. The number of nitrogens with zero attached hydrogens (tertiary/aromatic N) is 4. The van der Waals surface area contributed by atoms with Gasteiger partial charge in [0.15, 0.2) is 0 Å². The topological polar surface area (TPSA) is 58.4 Å². The van der Waals surface area contributed by atoms with Crippen LogP contribution < -0.4 is 5.56 Å². The summed E-state index contributed by atoms with van der Waals surface area (Å²) in [7, 11) is 0. The quantitative estimate of drug-likeness (QED) is 0.447. The summed E-state index contributed by atoms with van der Waals surface area (Å²) < 4.78 is 1.45. The van der Waals surface area contributed by atoms with E-state index < -0.39 is 0 Å². The second-order valence-corrected chi connectivity index (χ2v) is 8.68. The summed E-state index contributed by atoms with van der Waals surface area (Å²) in [6.45, 7) is 4.30. The number of benzene rings is 3. The Labute approximate surface area is 199 Å². The Morgan fingerprint density at radius 2 is 1.38 bits per heavy atom. The van der Waals surface area contributed by atoms with Crippen LogP contribution in [0.5, 0.6) is 0 Å². The first-order valence-electron chi connectivity index (χ1n) is 11.8. The maximum absolute atomic E-state index is 13.1. The van der Waals surface area contributed by atoms with Crippen molar-refractivity contribution in [2.75, 3.05) is 26.2 Å². The molecule has 6 heteroatoms. The largest absolute Gasteiger partial charge is 0.340 e. The molecule has 1 fully saturated rings. The normalized spacial score (nSPS) is 14.4. The number of amides is 1. The fourth-order valence-corrected chi connectivity index (χ4v) is 4.55. The van der Waals surface area contributed by atoms with E-state index in [0.717, 1.165) is 36.3 Å². The summed E-state index contributed by atoms with van der Waals surface area (Å²) in [6.07, 6.45) is 0.262. The van der Waals surface area contributed by atoms with Crippen molar-refractivity contribution in [1.82, 2.24) is 19.6 Å². The SMILES string of the molecule is O=C(CCn1nc(-c2ccccc2)c2ccccc2c1=O)N1CCN(Cc2ccccc2)CC1. The molecule has 1 aliphatic rings. The van der Waals surface area contributed by atoms with Gasteiger partial charge in [0, 0.05) is 50.1 Å². The third-order valence-electron chi connectivity index (χ3n) is 6.43. The number of hydrogen-bond donors (Lipinski definition) is 0. The predicted octanol–water partition coefficient (Wildman–Crippen LogP) is 3.80. The maximum atomic E-state index is 13.1. The highest BCUT2D eigenvalue weighted by Crippen LogP contribution is 2.24. The number of aryl methyl sites for hydroxylation is 1. The van der Waals surface area contributed by atoms with E-state index in [-0.39, 0.29) is 24.4 Å². The van der Waals surface area contributed by atoms with Gasteiger partial charge < -0.3 is 4.90 Å². The van der Waals surface area contributed by atoms with Crippen LogP contribution in [0, 0.1) is 0 Å². The van der Waals surface area contributed by atoms with Crippen LogP contribution in [0.15, 0.2) is 89.7 Å². The minimum atomic E-state index is -0.157. The van der Waals surface area contributed by atoms with E-state index in [2.05, 4.69) is 34.3 Å². The lowest BCUT2D eigenvalue weighted by molar-refractivity contribution is -0.133. The fourth-order valence-electron chi connectivity index (χ4n) is 4.55. The highest BCUT2D eigenvalue weighted by molar-refractivity contribution is 5.93. The number of carbonyl (C=O) groups is 1. The van der Waals surface area contributed by atoms with Crippen LogP contribution in [0.25, 0.3) is 22.0 Å². The van der Waals surface area contributed by atoms with Gasteiger partial charge in [-0.2, -0.15) is 5.10 Å². The highest BCUT2D eigenvalue weighted by Gasteiger charge is 2.21. The number of hydrogen-bond acceptors (Lipinski definition) is 4. The summed E-state index contributed by atoms with van der Waals surface area (Å²) >= 11 is 0. The minimum absolute atomic E-state index is 0.0717. The molecule has 0 N–H and O–H groups in total. The van der Waals surface area contributed by atoms with Gasteiger partial charge in [0.05, 0.1) is 17.6 Å². The summed E-state index contributed by atoms with van der Waals surface area (Å²) in [5.74, 6) is 0.0717. The molecule has 5 rings (SSSR count). The molecule has 2 heterocycles. The molecule has 6 nitrogen and oxygen atoms in total. The average Bonchev–Trinajstić information content (AvgIpc) is 2.90. The maximum Gasteiger partial charge on any atom is 0.274 e. The zero-order valence-electron chi connectivity index (χ0n) is 19.1. The molecule has 0 aliphatic carbocycles. The second kappa shape index (κ2) is 10.0. The summed E-state index contributed by atoms with van der Waals surface area (Å²) in [5, 5.41) is 6.12. The highest BCUT2D eigenvalue weighted by atomic mass is 16.2. The predicted molar refractivity (Wildman–Crippen MR) is 134 cm³/mol. The molecule has 1 saturated heterocycles. The van der Waals surface area contributed by atoms with Crippen molar-refractivity contribution in [3.05, 3.63) is 101 Å². The second-order valence-electron chi connectivity index (χ2n) is 8.68. The van der Waals surface area contributed by atoms with Gasteiger partial charge in [-0.25, -0.2) is 4.68 Å². The number of carbonyl (C=O) groups excluding carboxylic acids is 1. The van der Waals surface area contributed by atoms with Gasteiger partial charge in [-0.3, -0.25) is 14.5 Å². The van der Waals surface area contributed by atoms with Gasteiger partial charge in [-0.05, 0) is 11.6 Å². The Kier molecular flexibility index (Phi) is 6.49. The van der Waals surface area contributed by atoms with Gasteiger partial charge >= 0.3 is 0 Å². The van der Waals surface area contributed by atoms with Gasteiger partial charge in [-0.15, -0.1) is 0 Å². The van der Waals surface area contributed by atoms with E-state index in [4.69, 9.17) is 0 Å². The average molecular weight is 453 g/mol. The smallest absolute Gasteiger partial charge is 0.274 e. The van der Waals surface area contributed by atoms with Crippen molar-refractivity contribution in [3.63, 3.8) is 0 Å². The van der Waals surface area contributed by atoms with Crippen molar-refractivity contribution < 1.29 is 4.79 Å². The van der Waals surface area contributed by atoms with E-state index in [0.29, 0.717) is 18.5 Å². The zero-order valence-corrected chi connectivity index (χ0v) is 19.1. The molecule has 0 radical (unpaired) electrons. The van der Waals surface area contributed by atoms with Crippen LogP contribution in [-0.2, 0) is 17.9 Å². The molecule has 0 saturated carbocycles. The fraction of sp³-hybridized carbons (Fsp3) is 0.250. The van der Waals surface area contributed by atoms with E-state index in [1.807, 2.05) is 65.6 Å². The Bertz CT molecular complexity index is 1330. The third kappa shape index (κ3) is 4.77. The standard InChI is InChI=1S/C28H28N4O2/c33-26(31-19-17-30(18-20-31)21-22-9-3-1-4-10-22)15-16-32-28(34)25-14-8-7-13-24(25)27(29-32)23-11-5-2-6-12-23/h1-14H,15-21H2. The van der Waals surface area contributed by atoms with Crippen LogP contribution in [0.3, 0.4) is 0 Å². The first-order valence-corrected chi connectivity index (χ1v) is 11.8. The van der Waals surface area contributed by atoms with E-state index in [1.54, 1.807) is 0 Å². The van der Waals surface area contributed by atoms with Crippen molar-refractivity contribution in [2.24, 2.45) is 0 Å². The van der Waals surface area contributed by atoms with Crippen LogP contribution in [0.2, 0.25) is 0 Å². The van der Waals surface area contributed by atoms with Crippen molar-refractivity contribution >= 4 is 16.7 Å². The van der Waals surface area contributed by atoms with E-state index >= 15 is 0 Å². The number of fused-ring (bicyclic) bond motifs is 1. The molecule has 4 aromatic rings. The number of aromatic nitrogens is 2. The summed E-state index contributed by atoms with van der Waals surface area (Å²) in [4.78, 5) is 30.3. The molecule has 0 bridgehead atoms. The Hall–Kier alpha value is -3.77. The lowest BCUT2D eigenvalue weighted by Gasteiger charge is -2.34. The summed E-state index contributed by atoms with van der Waals surface area (Å²) in [5.41, 5.74) is 2.85. The Morgan fingerprint density at radius 1 is 0.765 bits per heavy atom. The van der Waals surface area contributed by atoms with E-state index in [9.17, 15) is 9.59 Å². The summed E-state index contributed by atoms with van der Waals surface area (Å²) in [6, 6.07) is 27.8. The lowest BCUT2D eigenvalue weighted by atomic mass is 10.1. The van der Waals surface area contributed by atoms with Gasteiger partial charge in [0.25, 0.3) is 5.56 Å². The van der Waals surface area contributed by atoms with Crippen molar-refractivity contribution in [2.45, 2.75) is 19.5 Å². The van der Waals surface area contributed by atoms with Crippen LogP contribution >= 0.6 is 0 Å². The van der Waals surface area contributed by atoms with Crippen LogP contribution in [0.1, 0.15) is 12.0 Å². The lowest BCUT2D eigenvalue weighted by Crippen LogP contribution is -2.48. The van der Waals surface area contributed by atoms with E-state index in [1.165, 1.54) is 10.2 Å². The molecule has 1 amide bonds. The monoisotopic (exact) mass is 452 g/mol. The molecule has 172 valence electrons. The zero-order chi connectivity index (χ0) is 23.3. The van der Waals surface area contributed by atoms with Crippen LogP contribution in [0.4, 0.5) is 0 Å². The van der Waals surface area contributed by atoms with Gasteiger partial charge in [-0.1, -0.05) is 78.9 Å². The molecule has 0 spiro atoms. The number of piperazine rings is 1.